The van der Waals surface area contributed by atoms with Crippen LogP contribution in [0.1, 0.15) is 59.3 Å². The summed E-state index contributed by atoms with van der Waals surface area (Å²) in [5.74, 6) is -1.27. The van der Waals surface area contributed by atoms with Crippen LogP contribution in [-0.2, 0) is 37.4 Å². The highest BCUT2D eigenvalue weighted by Gasteiger charge is 2.20. The maximum absolute atomic E-state index is 12.7. The van der Waals surface area contributed by atoms with Gasteiger partial charge >= 0.3 is 20.5 Å². The Morgan fingerprint density at radius 1 is 1.02 bits per heavy atom. The van der Waals surface area contributed by atoms with Crippen molar-refractivity contribution in [3.05, 3.63) is 64.7 Å². The first kappa shape index (κ1) is 43.9. The summed E-state index contributed by atoms with van der Waals surface area (Å²) < 4.78 is 25.6. The van der Waals surface area contributed by atoms with Gasteiger partial charge in [0.1, 0.15) is 20.6 Å². The fourth-order valence-corrected chi connectivity index (χ4v) is 6.22. The number of esters is 2. The molecule has 0 aromatic heterocycles. The third kappa shape index (κ3) is 22.4. The molecule has 0 heterocycles. The van der Waals surface area contributed by atoms with Crippen LogP contribution in [0.2, 0.25) is 0 Å². The number of aliphatic hydroxyl groups is 2. The summed E-state index contributed by atoms with van der Waals surface area (Å²) in [5.41, 5.74) is 1.76. The van der Waals surface area contributed by atoms with Gasteiger partial charge in [-0.2, -0.15) is 0 Å². The van der Waals surface area contributed by atoms with Crippen molar-refractivity contribution in [2.45, 2.75) is 76.8 Å². The van der Waals surface area contributed by atoms with Crippen LogP contribution in [0.25, 0.3) is 0 Å². The lowest BCUT2D eigenvalue weighted by Gasteiger charge is -2.22. The molecule has 0 aliphatic heterocycles. The van der Waals surface area contributed by atoms with Crippen LogP contribution in [0.15, 0.2) is 64.7 Å². The summed E-state index contributed by atoms with van der Waals surface area (Å²) in [5, 5.41) is 19.2. The van der Waals surface area contributed by atoms with Gasteiger partial charge in [0.05, 0.1) is 25.1 Å². The number of ketones is 1. The Morgan fingerprint density at radius 2 is 1.74 bits per heavy atom. The molecule has 0 aliphatic rings. The molecule has 0 amide bonds. The highest BCUT2D eigenvalue weighted by atomic mass is 32.7. The second-order valence-electron chi connectivity index (χ2n) is 10.1. The first-order chi connectivity index (χ1) is 22.0. The Balaban J connectivity index is 5.26. The van der Waals surface area contributed by atoms with E-state index in [1.807, 2.05) is 45.1 Å². The van der Waals surface area contributed by atoms with Crippen molar-refractivity contribution in [3.63, 3.8) is 0 Å². The van der Waals surface area contributed by atoms with E-state index >= 15 is 0 Å². The maximum Gasteiger partial charge on any atom is 0.332 e. The average Bonchev–Trinajstić information content (AvgIpc) is 3.03. The van der Waals surface area contributed by atoms with E-state index in [0.717, 1.165) is 22.5 Å². The van der Waals surface area contributed by atoms with Gasteiger partial charge in [0, 0.05) is 45.1 Å². The number of Topliss-reactive ketones (excluding diaryl/α,β-unsaturated/α-hetero) is 1. The molecule has 260 valence electrons. The Labute approximate surface area is 279 Å². The summed E-state index contributed by atoms with van der Waals surface area (Å²) in [6.45, 7) is 5.34. The lowest BCUT2D eigenvalue weighted by molar-refractivity contribution is -0.144. The third-order valence-electron chi connectivity index (χ3n) is 6.29. The van der Waals surface area contributed by atoms with Crippen LogP contribution in [-0.4, -0.2) is 79.9 Å². The highest BCUT2D eigenvalue weighted by Crippen LogP contribution is 2.37. The molecule has 1 unspecified atom stereocenters. The standard InChI is InChI=1S/C31H49NO11P2S/c1-23(13-9-7-11-15-27(35)29(21-33)46-44-32-38)20-28(25(3)19-24(2)17-18-30(36)39-4)43-31(37)16-12-8-10-14-26(34)22-42-45(40-5)41-6/h7,9,12-13,16-19,25,27-29,33,35,44H,8,10-11,14-15,20-22H2,1-6H3/b9-7+,16-12+,18-17+,23-13+,24-19+/t25-,27-,28-,29-/m1/s1. The molecule has 0 radical (unpaired) electrons. The maximum atomic E-state index is 12.7. The van der Waals surface area contributed by atoms with Gasteiger partial charge in [-0.25, -0.2) is 9.59 Å². The van der Waals surface area contributed by atoms with Crippen molar-refractivity contribution in [3.8, 4) is 0 Å². The van der Waals surface area contributed by atoms with Crippen LogP contribution in [0.3, 0.4) is 0 Å². The number of hydrogen-bond acceptors (Lipinski definition) is 13. The Hall–Kier alpha value is -2.08. The highest BCUT2D eigenvalue weighted by molar-refractivity contribution is 8.49. The average molecular weight is 706 g/mol. The van der Waals surface area contributed by atoms with Gasteiger partial charge in [-0.15, -0.1) is 16.3 Å². The number of hydrogen-bond donors (Lipinski definition) is 2. The number of unbranched alkanes of at least 4 members (excludes halogenated alkanes) is 1. The molecule has 0 spiro atoms. The Morgan fingerprint density at radius 3 is 2.37 bits per heavy atom. The minimum Gasteiger partial charge on any atom is -0.466 e. The van der Waals surface area contributed by atoms with E-state index in [4.69, 9.17) is 18.3 Å². The first-order valence-electron chi connectivity index (χ1n) is 14.7. The van der Waals surface area contributed by atoms with Gasteiger partial charge in [-0.05, 0) is 44.5 Å². The van der Waals surface area contributed by atoms with E-state index in [2.05, 4.69) is 9.68 Å². The molecule has 5 atom stereocenters. The number of nitroso groups, excluding NO2 is 1. The van der Waals surface area contributed by atoms with Gasteiger partial charge < -0.3 is 33.3 Å². The lowest BCUT2D eigenvalue weighted by Crippen LogP contribution is -2.25. The minimum absolute atomic E-state index is 0.0943. The zero-order chi connectivity index (χ0) is 34.7. The van der Waals surface area contributed by atoms with Gasteiger partial charge in [0.25, 0.3) is 0 Å². The number of allylic oxidation sites excluding steroid dienone is 6. The molecule has 15 heteroatoms. The van der Waals surface area contributed by atoms with E-state index in [-0.39, 0.29) is 39.3 Å². The van der Waals surface area contributed by atoms with E-state index in [9.17, 15) is 29.5 Å². The molecule has 0 aromatic rings. The molecule has 0 fully saturated rings. The normalized spacial score (nSPS) is 15.7. The number of carbonyl (C=O) groups excluding carboxylic acids is 3. The van der Waals surface area contributed by atoms with Crippen molar-refractivity contribution < 1.29 is 47.6 Å². The molecular formula is C31H49NO11P2S. The number of carbonyl (C=O) groups is 3. The molecular weight excluding hydrogens is 656 g/mol. The van der Waals surface area contributed by atoms with Gasteiger partial charge in [-0.1, -0.05) is 54.5 Å². The van der Waals surface area contributed by atoms with Crippen molar-refractivity contribution in [1.82, 2.24) is 0 Å². The quantitative estimate of drug-likeness (QED) is 0.0253. The van der Waals surface area contributed by atoms with E-state index in [0.29, 0.717) is 32.1 Å². The smallest absolute Gasteiger partial charge is 0.332 e. The van der Waals surface area contributed by atoms with Crippen LogP contribution < -0.4 is 0 Å². The van der Waals surface area contributed by atoms with E-state index < -0.39 is 38.0 Å². The van der Waals surface area contributed by atoms with Crippen molar-refractivity contribution in [2.75, 3.05) is 34.5 Å². The summed E-state index contributed by atoms with van der Waals surface area (Å²) in [4.78, 5) is 49.3. The van der Waals surface area contributed by atoms with Crippen molar-refractivity contribution in [2.24, 2.45) is 10.9 Å². The minimum atomic E-state index is -1.52. The second-order valence-corrected chi connectivity index (χ2v) is 14.0. The SMILES string of the molecule is COC(=O)/C=C/C(C)=C/[C@@H](C)[C@@H](C/C(C)=C/C=C/CC[C@@H](O)[C@@H](CO)SPN=O)OC(=O)/C=C/CCCC(=O)COP(OC)OC. The summed E-state index contributed by atoms with van der Waals surface area (Å²) in [6.07, 6.45) is 15.0. The van der Waals surface area contributed by atoms with Gasteiger partial charge in [-0.3, -0.25) is 4.79 Å². The topological polar surface area (TPSA) is 167 Å². The van der Waals surface area contributed by atoms with Crippen LogP contribution in [0.4, 0.5) is 0 Å². The molecule has 12 nitrogen and oxygen atoms in total. The summed E-state index contributed by atoms with van der Waals surface area (Å²) >= 11 is 1.14. The fourth-order valence-electron chi connectivity index (χ4n) is 3.84. The first-order valence-corrected chi connectivity index (χ1v) is 18.3. The molecule has 0 aliphatic carbocycles. The number of ether oxygens (including phenoxy) is 2. The number of nitrogens with zero attached hydrogens (tertiary/aromatic N) is 1. The summed E-state index contributed by atoms with van der Waals surface area (Å²) in [7, 11) is 2.38. The molecule has 2 N–H and O–H groups in total. The fraction of sp³-hybridized carbons (Fsp3) is 0.581. The lowest BCUT2D eigenvalue weighted by atomic mass is 9.95. The molecule has 0 bridgehead atoms. The molecule has 0 saturated heterocycles. The number of methoxy groups -OCH3 is 1. The number of rotatable bonds is 26. The van der Waals surface area contributed by atoms with Gasteiger partial charge in [0.15, 0.2) is 5.78 Å². The monoisotopic (exact) mass is 705 g/mol. The largest absolute Gasteiger partial charge is 0.466 e. The zero-order valence-corrected chi connectivity index (χ0v) is 30.2. The van der Waals surface area contributed by atoms with Gasteiger partial charge in [0.2, 0.25) is 0 Å². The molecule has 0 saturated carbocycles. The van der Waals surface area contributed by atoms with E-state index in [1.165, 1.54) is 33.5 Å². The molecule has 0 aromatic carbocycles. The third-order valence-corrected chi connectivity index (χ3v) is 9.62. The van der Waals surface area contributed by atoms with Crippen LogP contribution in [0.5, 0.6) is 0 Å². The van der Waals surface area contributed by atoms with Crippen molar-refractivity contribution >= 4 is 45.6 Å². The summed E-state index contributed by atoms with van der Waals surface area (Å²) in [6, 6.07) is 0. The van der Waals surface area contributed by atoms with E-state index in [1.54, 1.807) is 12.2 Å². The Bertz CT molecular complexity index is 1060. The predicted octanol–water partition coefficient (Wildman–Crippen LogP) is 6.44. The van der Waals surface area contributed by atoms with Crippen LogP contribution in [0, 0.1) is 10.8 Å². The molecule has 0 rings (SSSR count). The second kappa shape index (κ2) is 28.0. The van der Waals surface area contributed by atoms with Crippen LogP contribution >= 0.6 is 27.9 Å². The predicted molar refractivity (Wildman–Crippen MR) is 184 cm³/mol. The number of aliphatic hydroxyl groups excluding tert-OH is 2. The molecule has 46 heavy (non-hydrogen) atoms. The Kier molecular flexibility index (Phi) is 26.7. The van der Waals surface area contributed by atoms with Crippen molar-refractivity contribution in [1.29, 1.82) is 0 Å². The zero-order valence-electron chi connectivity index (χ0n) is 27.5.